The van der Waals surface area contributed by atoms with Crippen molar-refractivity contribution in [2.45, 2.75) is 0 Å². The van der Waals surface area contributed by atoms with Crippen LogP contribution in [0.5, 0.6) is 0 Å². The summed E-state index contributed by atoms with van der Waals surface area (Å²) >= 11 is 0. The molecule has 1 aliphatic rings. The van der Waals surface area contributed by atoms with E-state index < -0.39 is 0 Å². The van der Waals surface area contributed by atoms with E-state index in [1.165, 1.54) is 4.90 Å². The van der Waals surface area contributed by atoms with Gasteiger partial charge in [-0.25, -0.2) is 4.68 Å². The van der Waals surface area contributed by atoms with Crippen LogP contribution in [0.2, 0.25) is 0 Å². The van der Waals surface area contributed by atoms with Crippen LogP contribution in [0.4, 0.5) is 5.69 Å². The molecule has 6 nitrogen and oxygen atoms in total. The lowest BCUT2D eigenvalue weighted by molar-refractivity contribution is -0.116. The van der Waals surface area contributed by atoms with Crippen molar-refractivity contribution in [3.63, 3.8) is 0 Å². The van der Waals surface area contributed by atoms with Gasteiger partial charge < -0.3 is 5.32 Å². The zero-order chi connectivity index (χ0) is 18.1. The van der Waals surface area contributed by atoms with Crippen LogP contribution in [-0.4, -0.2) is 33.0 Å². The Hall–Kier alpha value is -3.67. The molecule has 1 aliphatic heterocycles. The molecule has 2 amide bonds. The van der Waals surface area contributed by atoms with E-state index in [0.29, 0.717) is 16.9 Å². The predicted molar refractivity (Wildman–Crippen MR) is 98.7 cm³/mol. The fraction of sp³-hybridized carbons (Fsp3) is 0.0500. The summed E-state index contributed by atoms with van der Waals surface area (Å²) in [5.41, 5.74) is 3.45. The standard InChI is InChI=1S/C20H16N4O2/c1-14-17-5-2-3-6-18(17)20(26)23(14)13-19(25)22-15-7-9-16(10-8-15)24-12-4-11-21-24/h2-12H,1,13H2,(H,22,25). The van der Waals surface area contributed by atoms with Crippen LogP contribution in [0.25, 0.3) is 11.4 Å². The van der Waals surface area contributed by atoms with Crippen molar-refractivity contribution in [3.05, 3.63) is 84.7 Å². The fourth-order valence-electron chi connectivity index (χ4n) is 2.97. The number of hydrogen-bond acceptors (Lipinski definition) is 3. The summed E-state index contributed by atoms with van der Waals surface area (Å²) < 4.78 is 1.73. The van der Waals surface area contributed by atoms with Gasteiger partial charge in [-0.2, -0.15) is 5.10 Å². The smallest absolute Gasteiger partial charge is 0.259 e. The molecule has 3 aromatic rings. The first-order valence-corrected chi connectivity index (χ1v) is 8.13. The highest BCUT2D eigenvalue weighted by Crippen LogP contribution is 2.30. The molecule has 0 bridgehead atoms. The molecule has 0 atom stereocenters. The van der Waals surface area contributed by atoms with E-state index in [4.69, 9.17) is 0 Å². The second-order valence-corrected chi connectivity index (χ2v) is 5.93. The SMILES string of the molecule is C=C1c2ccccc2C(=O)N1CC(=O)Nc1ccc(-n2cccn2)cc1. The van der Waals surface area contributed by atoms with Crippen molar-refractivity contribution in [1.29, 1.82) is 0 Å². The van der Waals surface area contributed by atoms with Gasteiger partial charge in [-0.05, 0) is 36.4 Å². The predicted octanol–water partition coefficient (Wildman–Crippen LogP) is 2.94. The lowest BCUT2D eigenvalue weighted by Crippen LogP contribution is -2.32. The van der Waals surface area contributed by atoms with Crippen LogP contribution >= 0.6 is 0 Å². The Kier molecular flexibility index (Phi) is 3.85. The minimum atomic E-state index is -0.279. The maximum Gasteiger partial charge on any atom is 0.259 e. The van der Waals surface area contributed by atoms with Crippen molar-refractivity contribution in [2.24, 2.45) is 0 Å². The highest BCUT2D eigenvalue weighted by molar-refractivity contribution is 6.11. The van der Waals surface area contributed by atoms with E-state index in [9.17, 15) is 9.59 Å². The topological polar surface area (TPSA) is 67.2 Å². The lowest BCUT2D eigenvalue weighted by atomic mass is 10.1. The number of carbonyl (C=O) groups excluding carboxylic acids is 2. The van der Waals surface area contributed by atoms with Gasteiger partial charge in [0.1, 0.15) is 6.54 Å². The van der Waals surface area contributed by atoms with Gasteiger partial charge in [-0.3, -0.25) is 14.5 Å². The van der Waals surface area contributed by atoms with E-state index in [2.05, 4.69) is 17.0 Å². The van der Waals surface area contributed by atoms with Crippen LogP contribution in [0.15, 0.2) is 73.6 Å². The monoisotopic (exact) mass is 344 g/mol. The molecule has 0 aliphatic carbocycles. The molecule has 0 spiro atoms. The molecule has 2 aromatic carbocycles. The molecule has 0 unspecified atom stereocenters. The fourth-order valence-corrected chi connectivity index (χ4v) is 2.97. The zero-order valence-corrected chi connectivity index (χ0v) is 13.9. The number of benzene rings is 2. The third kappa shape index (κ3) is 2.77. The Morgan fingerprint density at radius 1 is 1.04 bits per heavy atom. The first kappa shape index (κ1) is 15.8. The minimum Gasteiger partial charge on any atom is -0.325 e. The average molecular weight is 344 g/mol. The number of carbonyl (C=O) groups is 2. The molecule has 2 heterocycles. The maximum absolute atomic E-state index is 12.4. The third-order valence-electron chi connectivity index (χ3n) is 4.26. The second kappa shape index (κ2) is 6.33. The average Bonchev–Trinajstić information content (AvgIpc) is 3.27. The van der Waals surface area contributed by atoms with Gasteiger partial charge in [0.05, 0.1) is 5.69 Å². The van der Waals surface area contributed by atoms with Gasteiger partial charge in [0.15, 0.2) is 0 Å². The van der Waals surface area contributed by atoms with Gasteiger partial charge in [0.25, 0.3) is 5.91 Å². The third-order valence-corrected chi connectivity index (χ3v) is 4.26. The van der Waals surface area contributed by atoms with E-state index in [1.807, 2.05) is 36.5 Å². The first-order valence-electron chi connectivity index (χ1n) is 8.13. The molecule has 128 valence electrons. The first-order chi connectivity index (χ1) is 12.6. The van der Waals surface area contributed by atoms with Crippen LogP contribution in [0.1, 0.15) is 15.9 Å². The van der Waals surface area contributed by atoms with E-state index in [0.717, 1.165) is 11.3 Å². The molecular formula is C20H16N4O2. The lowest BCUT2D eigenvalue weighted by Gasteiger charge is -2.17. The highest BCUT2D eigenvalue weighted by atomic mass is 16.2. The molecule has 1 aromatic heterocycles. The summed E-state index contributed by atoms with van der Waals surface area (Å²) in [7, 11) is 0. The summed E-state index contributed by atoms with van der Waals surface area (Å²) in [5, 5.41) is 6.96. The normalized spacial score (nSPS) is 13.0. The number of amides is 2. The number of nitrogens with one attached hydrogen (secondary N) is 1. The minimum absolute atomic E-state index is 0.0761. The molecule has 4 rings (SSSR count). The Balaban J connectivity index is 1.43. The molecular weight excluding hydrogens is 328 g/mol. The number of nitrogens with zero attached hydrogens (tertiary/aromatic N) is 3. The number of hydrogen-bond donors (Lipinski definition) is 1. The summed E-state index contributed by atoms with van der Waals surface area (Å²) in [5.74, 6) is -0.478. The summed E-state index contributed by atoms with van der Waals surface area (Å²) in [6.45, 7) is 3.87. The van der Waals surface area contributed by atoms with Gasteiger partial charge in [-0.1, -0.05) is 24.8 Å². The molecule has 26 heavy (non-hydrogen) atoms. The second-order valence-electron chi connectivity index (χ2n) is 5.93. The molecule has 6 heteroatoms. The summed E-state index contributed by atoms with van der Waals surface area (Å²) in [6.07, 6.45) is 3.55. The Labute approximate surface area is 150 Å². The van der Waals surface area contributed by atoms with Crippen LogP contribution in [0.3, 0.4) is 0 Å². The highest BCUT2D eigenvalue weighted by Gasteiger charge is 2.31. The quantitative estimate of drug-likeness (QED) is 0.791. The van der Waals surface area contributed by atoms with Crippen LogP contribution in [-0.2, 0) is 4.79 Å². The Bertz CT molecular complexity index is 956. The summed E-state index contributed by atoms with van der Waals surface area (Å²) in [4.78, 5) is 26.2. The largest absolute Gasteiger partial charge is 0.325 e. The van der Waals surface area contributed by atoms with Gasteiger partial charge >= 0.3 is 0 Å². The molecule has 0 saturated heterocycles. The van der Waals surface area contributed by atoms with Crippen molar-refractivity contribution in [2.75, 3.05) is 11.9 Å². The van der Waals surface area contributed by atoms with Crippen LogP contribution in [0, 0.1) is 0 Å². The number of anilines is 1. The zero-order valence-electron chi connectivity index (χ0n) is 13.9. The van der Waals surface area contributed by atoms with Gasteiger partial charge in [-0.15, -0.1) is 0 Å². The molecule has 1 N–H and O–H groups in total. The van der Waals surface area contributed by atoms with E-state index >= 15 is 0 Å². The Morgan fingerprint density at radius 2 is 1.77 bits per heavy atom. The van der Waals surface area contributed by atoms with Gasteiger partial charge in [0, 0.05) is 34.9 Å². The molecule has 0 fully saturated rings. The van der Waals surface area contributed by atoms with Crippen molar-refractivity contribution >= 4 is 23.2 Å². The summed E-state index contributed by atoms with van der Waals surface area (Å²) in [6, 6.07) is 16.4. The molecule has 0 radical (unpaired) electrons. The van der Waals surface area contributed by atoms with Crippen molar-refractivity contribution in [1.82, 2.24) is 14.7 Å². The maximum atomic E-state index is 12.4. The van der Waals surface area contributed by atoms with Crippen molar-refractivity contribution in [3.8, 4) is 5.69 Å². The number of aromatic nitrogens is 2. The van der Waals surface area contributed by atoms with Crippen molar-refractivity contribution < 1.29 is 9.59 Å². The molecule has 0 saturated carbocycles. The van der Waals surface area contributed by atoms with Gasteiger partial charge in [0.2, 0.25) is 5.91 Å². The Morgan fingerprint density at radius 3 is 2.42 bits per heavy atom. The van der Waals surface area contributed by atoms with Crippen LogP contribution < -0.4 is 5.32 Å². The number of rotatable bonds is 4. The van der Waals surface area contributed by atoms with E-state index in [1.54, 1.807) is 35.1 Å². The number of fused-ring (bicyclic) bond motifs is 1. The van der Waals surface area contributed by atoms with E-state index in [-0.39, 0.29) is 18.4 Å².